The van der Waals surface area contributed by atoms with E-state index in [9.17, 15) is 18.8 Å². The second-order valence-electron chi connectivity index (χ2n) is 12.1. The molecule has 2 N–H and O–H groups in total. The van der Waals surface area contributed by atoms with Crippen molar-refractivity contribution in [1.82, 2.24) is 24.8 Å². The van der Waals surface area contributed by atoms with E-state index in [4.69, 9.17) is 25.4 Å². The molecule has 0 unspecified atom stereocenters. The van der Waals surface area contributed by atoms with Crippen LogP contribution in [0, 0.1) is 17.1 Å². The van der Waals surface area contributed by atoms with Gasteiger partial charge in [0.15, 0.2) is 5.65 Å². The van der Waals surface area contributed by atoms with Crippen molar-refractivity contribution in [3.05, 3.63) is 48.3 Å². The molecule has 10 nitrogen and oxygen atoms in total. The molecule has 3 saturated heterocycles. The molecule has 1 amide bonds. The number of likely N-dealkylation sites (N-methyl/N-ethyl adjacent to an activating group) is 1. The van der Waals surface area contributed by atoms with Crippen LogP contribution in [0.25, 0.3) is 32.4 Å². The largest absolute Gasteiger partial charge is 0.461 e. The molecule has 0 bridgehead atoms. The van der Waals surface area contributed by atoms with Gasteiger partial charge in [-0.1, -0.05) is 6.58 Å². The van der Waals surface area contributed by atoms with Gasteiger partial charge in [0.1, 0.15) is 35.5 Å². The molecule has 13 heteroatoms. The fraction of sp³-hybridized carbons (Fsp3) is 0.406. The van der Waals surface area contributed by atoms with Crippen molar-refractivity contribution in [2.75, 3.05) is 50.5 Å². The lowest BCUT2D eigenvalue weighted by atomic mass is 9.95. The zero-order chi connectivity index (χ0) is 31.5. The summed E-state index contributed by atoms with van der Waals surface area (Å²) in [5.41, 5.74) is 7.30. The first-order chi connectivity index (χ1) is 21.7. The predicted octanol–water partition coefficient (Wildman–Crippen LogP) is 4.68. The molecule has 3 atom stereocenters. The van der Waals surface area contributed by atoms with Crippen molar-refractivity contribution >= 4 is 49.2 Å². The standard InChI is InChI=1S/C32H32F2N8O2S/c1-3-25(43)41-12-9-19(16-41)40(2)30-21-6-8-24(20-5-7-23(34)27-26(20)22(14-35)28(36)45-27)37-29(21)38-31(39-30)44-17-32-10-4-11-42(32)15-18(33)13-32/h3,5-8,18-19H,1,4,9-13,15-17,36H2,2H3/t18-,19-,32+/m1/s1. The number of rotatable bonds is 7. The Bertz CT molecular complexity index is 1890. The molecule has 0 spiro atoms. The average Bonchev–Trinajstić information content (AvgIpc) is 3.81. The molecule has 3 aliphatic rings. The fourth-order valence-corrected chi connectivity index (χ4v) is 8.13. The number of hydrogen-bond acceptors (Lipinski definition) is 10. The number of thiophene rings is 1. The number of hydrogen-bond donors (Lipinski definition) is 1. The van der Waals surface area contributed by atoms with E-state index in [2.05, 4.69) is 17.5 Å². The number of nitrogen functional groups attached to an aromatic ring is 1. The minimum absolute atomic E-state index is 0.0192. The molecule has 4 aromatic rings. The third-order valence-electron chi connectivity index (χ3n) is 9.49. The van der Waals surface area contributed by atoms with Crippen molar-refractivity contribution in [3.8, 4) is 23.3 Å². The molecular formula is C32H32F2N8O2S. The van der Waals surface area contributed by atoms with E-state index in [0.29, 0.717) is 64.2 Å². The number of benzene rings is 1. The number of nitrogens with two attached hydrogens (primary N) is 1. The van der Waals surface area contributed by atoms with Gasteiger partial charge in [-0.25, -0.2) is 13.8 Å². The number of pyridine rings is 1. The Balaban J connectivity index is 1.31. The first-order valence-electron chi connectivity index (χ1n) is 15.0. The number of carbonyl (C=O) groups is 1. The van der Waals surface area contributed by atoms with Crippen molar-refractivity contribution in [2.45, 2.75) is 43.4 Å². The number of likely N-dealkylation sites (tertiary alicyclic amines) is 1. The van der Waals surface area contributed by atoms with Gasteiger partial charge in [0.05, 0.1) is 26.9 Å². The van der Waals surface area contributed by atoms with Gasteiger partial charge >= 0.3 is 6.01 Å². The Morgan fingerprint density at radius 1 is 1.29 bits per heavy atom. The monoisotopic (exact) mass is 630 g/mol. The van der Waals surface area contributed by atoms with E-state index >= 15 is 0 Å². The lowest BCUT2D eigenvalue weighted by molar-refractivity contribution is -0.125. The number of fused-ring (bicyclic) bond motifs is 3. The van der Waals surface area contributed by atoms with Crippen LogP contribution >= 0.6 is 11.3 Å². The number of nitrogens with zero attached hydrogens (tertiary/aromatic N) is 7. The molecule has 3 fully saturated rings. The zero-order valence-electron chi connectivity index (χ0n) is 24.8. The summed E-state index contributed by atoms with van der Waals surface area (Å²) in [4.78, 5) is 32.7. The molecular weight excluding hydrogens is 598 g/mol. The maximum Gasteiger partial charge on any atom is 0.320 e. The van der Waals surface area contributed by atoms with E-state index in [1.807, 2.05) is 18.0 Å². The van der Waals surface area contributed by atoms with Gasteiger partial charge in [-0.05, 0) is 56.1 Å². The molecule has 45 heavy (non-hydrogen) atoms. The van der Waals surface area contributed by atoms with Gasteiger partial charge in [-0.15, -0.1) is 11.3 Å². The fourth-order valence-electron chi connectivity index (χ4n) is 7.18. The molecule has 0 radical (unpaired) electrons. The van der Waals surface area contributed by atoms with E-state index in [1.165, 1.54) is 12.1 Å². The van der Waals surface area contributed by atoms with Gasteiger partial charge in [-0.2, -0.15) is 15.2 Å². The van der Waals surface area contributed by atoms with Gasteiger partial charge < -0.3 is 20.3 Å². The van der Waals surface area contributed by atoms with Crippen molar-refractivity contribution in [3.63, 3.8) is 0 Å². The quantitative estimate of drug-likeness (QED) is 0.290. The van der Waals surface area contributed by atoms with E-state index in [0.717, 1.165) is 37.1 Å². The number of anilines is 2. The lowest BCUT2D eigenvalue weighted by Crippen LogP contribution is -2.43. The lowest BCUT2D eigenvalue weighted by Gasteiger charge is -2.31. The van der Waals surface area contributed by atoms with Gasteiger partial charge in [0.2, 0.25) is 5.91 Å². The minimum atomic E-state index is -0.891. The van der Waals surface area contributed by atoms with Crippen LogP contribution in [0.3, 0.4) is 0 Å². The van der Waals surface area contributed by atoms with E-state index in [1.54, 1.807) is 17.0 Å². The van der Waals surface area contributed by atoms with Crippen molar-refractivity contribution in [2.24, 2.45) is 0 Å². The number of aromatic nitrogens is 3. The normalized spacial score (nSPS) is 23.0. The highest BCUT2D eigenvalue weighted by molar-refractivity contribution is 7.23. The van der Waals surface area contributed by atoms with Crippen LogP contribution in [0.2, 0.25) is 0 Å². The third-order valence-corrected chi connectivity index (χ3v) is 10.5. The highest BCUT2D eigenvalue weighted by atomic mass is 32.1. The van der Waals surface area contributed by atoms with E-state index < -0.39 is 12.0 Å². The summed E-state index contributed by atoms with van der Waals surface area (Å²) >= 11 is 1.03. The number of nitriles is 1. The molecule has 0 saturated carbocycles. The maximum absolute atomic E-state index is 14.8. The van der Waals surface area contributed by atoms with Crippen LogP contribution in [0.15, 0.2) is 36.9 Å². The Hall–Kier alpha value is -4.41. The number of halogens is 2. The molecule has 6 heterocycles. The Morgan fingerprint density at radius 3 is 2.93 bits per heavy atom. The highest BCUT2D eigenvalue weighted by Crippen LogP contribution is 2.42. The highest BCUT2D eigenvalue weighted by Gasteiger charge is 2.49. The summed E-state index contributed by atoms with van der Waals surface area (Å²) in [6, 6.07) is 8.80. The van der Waals surface area contributed by atoms with Crippen LogP contribution in [0.4, 0.5) is 19.6 Å². The van der Waals surface area contributed by atoms with Crippen LogP contribution < -0.4 is 15.4 Å². The average molecular weight is 631 g/mol. The number of alkyl halides is 1. The van der Waals surface area contributed by atoms with Crippen molar-refractivity contribution in [1.29, 1.82) is 5.26 Å². The first-order valence-corrected chi connectivity index (χ1v) is 15.8. The third kappa shape index (κ3) is 4.92. The molecule has 1 aromatic carbocycles. The Kier molecular flexibility index (Phi) is 7.29. The van der Waals surface area contributed by atoms with Gasteiger partial charge in [-0.3, -0.25) is 9.69 Å². The van der Waals surface area contributed by atoms with Gasteiger partial charge in [0, 0.05) is 50.1 Å². The Labute approximate surface area is 262 Å². The molecule has 232 valence electrons. The summed E-state index contributed by atoms with van der Waals surface area (Å²) < 4.78 is 35.8. The molecule has 7 rings (SSSR count). The van der Waals surface area contributed by atoms with E-state index in [-0.39, 0.29) is 40.7 Å². The zero-order valence-corrected chi connectivity index (χ0v) is 25.6. The molecule has 3 aliphatic heterocycles. The van der Waals surface area contributed by atoms with Crippen molar-refractivity contribution < 1.29 is 18.3 Å². The summed E-state index contributed by atoms with van der Waals surface area (Å²) in [5.74, 6) is 0.00975. The SMILES string of the molecule is C=CC(=O)N1CC[C@@H](N(C)c2nc(OC[C@@]34CCCN3C[C@H](F)C4)nc3nc(-c4ccc(F)c5sc(N)c(C#N)c45)ccc23)C1. The second-order valence-corrected chi connectivity index (χ2v) is 13.1. The summed E-state index contributed by atoms with van der Waals surface area (Å²) in [7, 11) is 1.92. The summed E-state index contributed by atoms with van der Waals surface area (Å²) in [6.07, 6.45) is 3.41. The maximum atomic E-state index is 14.8. The smallest absolute Gasteiger partial charge is 0.320 e. The Morgan fingerprint density at radius 2 is 2.13 bits per heavy atom. The second kappa shape index (κ2) is 11.2. The molecule has 3 aromatic heterocycles. The minimum Gasteiger partial charge on any atom is -0.461 e. The van der Waals surface area contributed by atoms with Crippen LogP contribution in [-0.4, -0.2) is 88.2 Å². The number of amides is 1. The van der Waals surface area contributed by atoms with Crippen LogP contribution in [-0.2, 0) is 4.79 Å². The van der Waals surface area contributed by atoms with Crippen LogP contribution in [0.1, 0.15) is 31.2 Å². The topological polar surface area (TPSA) is 124 Å². The number of carbonyl (C=O) groups excluding carboxylic acids is 1. The van der Waals surface area contributed by atoms with Gasteiger partial charge in [0.25, 0.3) is 0 Å². The first kappa shape index (κ1) is 29.3. The summed E-state index contributed by atoms with van der Waals surface area (Å²) in [6.45, 7) is 6.23. The predicted molar refractivity (Wildman–Crippen MR) is 169 cm³/mol. The molecule has 0 aliphatic carbocycles. The number of ether oxygens (including phenoxy) is 1. The summed E-state index contributed by atoms with van der Waals surface area (Å²) in [5, 5.41) is 11.1. The van der Waals surface area contributed by atoms with Crippen LogP contribution in [0.5, 0.6) is 6.01 Å².